The molecular formula is C11H15NO2. The van der Waals surface area contributed by atoms with Crippen molar-refractivity contribution in [3.05, 3.63) is 35.9 Å². The molecule has 1 aliphatic heterocycles. The molecule has 1 fully saturated rings. The summed E-state index contributed by atoms with van der Waals surface area (Å²) in [6.45, 7) is 0.566. The minimum absolute atomic E-state index is 0.359. The molecule has 2 unspecified atom stereocenters. The highest BCUT2D eigenvalue weighted by molar-refractivity contribution is 5.15. The van der Waals surface area contributed by atoms with Crippen molar-refractivity contribution >= 4 is 0 Å². The maximum atomic E-state index is 9.32. The second-order valence-electron chi connectivity index (χ2n) is 3.89. The smallest absolute Gasteiger partial charge is 0.130 e. The van der Waals surface area contributed by atoms with E-state index in [0.29, 0.717) is 18.9 Å². The lowest BCUT2D eigenvalue weighted by molar-refractivity contribution is -0.171. The van der Waals surface area contributed by atoms with Crippen LogP contribution in [0.5, 0.6) is 0 Å². The van der Waals surface area contributed by atoms with Gasteiger partial charge in [-0.2, -0.15) is 5.06 Å². The molecule has 0 radical (unpaired) electrons. The average Bonchev–Trinajstić information content (AvgIpc) is 2.47. The van der Waals surface area contributed by atoms with Gasteiger partial charge in [0, 0.05) is 6.54 Å². The van der Waals surface area contributed by atoms with Gasteiger partial charge in [0.05, 0.1) is 0 Å². The SMILES string of the molecule is OC1CC(Cc2ccccc2)CN1O. The van der Waals surface area contributed by atoms with Gasteiger partial charge in [0.1, 0.15) is 6.23 Å². The molecule has 0 aromatic heterocycles. The van der Waals surface area contributed by atoms with Gasteiger partial charge in [0.25, 0.3) is 0 Å². The molecule has 0 spiro atoms. The molecule has 1 aromatic rings. The van der Waals surface area contributed by atoms with Crippen molar-refractivity contribution in [1.29, 1.82) is 0 Å². The van der Waals surface area contributed by atoms with E-state index in [0.717, 1.165) is 11.5 Å². The topological polar surface area (TPSA) is 43.7 Å². The van der Waals surface area contributed by atoms with Crippen LogP contribution in [-0.4, -0.2) is 28.1 Å². The fourth-order valence-corrected chi connectivity index (χ4v) is 1.98. The van der Waals surface area contributed by atoms with E-state index in [2.05, 4.69) is 12.1 Å². The normalized spacial score (nSPS) is 28.1. The minimum Gasteiger partial charge on any atom is -0.376 e. The molecule has 1 aromatic carbocycles. The maximum Gasteiger partial charge on any atom is 0.130 e. The van der Waals surface area contributed by atoms with Crippen LogP contribution < -0.4 is 0 Å². The molecule has 3 nitrogen and oxygen atoms in total. The standard InChI is InChI=1S/C11H15NO2/c13-11-7-10(8-12(11)14)6-9-4-2-1-3-5-9/h1-5,10-11,13-14H,6-8H2. The first-order chi connectivity index (χ1) is 6.75. The molecule has 0 saturated carbocycles. The van der Waals surface area contributed by atoms with E-state index in [1.54, 1.807) is 0 Å². The fourth-order valence-electron chi connectivity index (χ4n) is 1.98. The monoisotopic (exact) mass is 193 g/mol. The van der Waals surface area contributed by atoms with Crippen molar-refractivity contribution in [1.82, 2.24) is 5.06 Å². The lowest BCUT2D eigenvalue weighted by Crippen LogP contribution is -2.24. The summed E-state index contributed by atoms with van der Waals surface area (Å²) in [5.74, 6) is 0.359. The van der Waals surface area contributed by atoms with Crippen LogP contribution >= 0.6 is 0 Å². The van der Waals surface area contributed by atoms with Gasteiger partial charge in [0.15, 0.2) is 0 Å². The maximum absolute atomic E-state index is 9.32. The lowest BCUT2D eigenvalue weighted by Gasteiger charge is -2.09. The summed E-state index contributed by atoms with van der Waals surface area (Å²) in [5, 5.41) is 19.6. The van der Waals surface area contributed by atoms with E-state index in [4.69, 9.17) is 0 Å². The van der Waals surface area contributed by atoms with Crippen molar-refractivity contribution in [2.75, 3.05) is 6.54 Å². The van der Waals surface area contributed by atoms with Gasteiger partial charge in [-0.3, -0.25) is 0 Å². The molecular weight excluding hydrogens is 178 g/mol. The van der Waals surface area contributed by atoms with Crippen LogP contribution in [0.4, 0.5) is 0 Å². The van der Waals surface area contributed by atoms with Crippen LogP contribution in [0.25, 0.3) is 0 Å². The van der Waals surface area contributed by atoms with Crippen molar-refractivity contribution in [3.63, 3.8) is 0 Å². The van der Waals surface area contributed by atoms with E-state index in [9.17, 15) is 10.3 Å². The second kappa shape index (κ2) is 4.09. The Balaban J connectivity index is 1.94. The summed E-state index contributed by atoms with van der Waals surface area (Å²) in [7, 11) is 0. The predicted molar refractivity (Wildman–Crippen MR) is 52.8 cm³/mol. The van der Waals surface area contributed by atoms with Crippen molar-refractivity contribution in [3.8, 4) is 0 Å². The molecule has 76 valence electrons. The number of benzene rings is 1. The number of rotatable bonds is 2. The number of aliphatic hydroxyl groups excluding tert-OH is 1. The minimum atomic E-state index is -0.677. The highest BCUT2D eigenvalue weighted by Crippen LogP contribution is 2.23. The number of nitrogens with zero attached hydrogens (tertiary/aromatic N) is 1. The van der Waals surface area contributed by atoms with Gasteiger partial charge in [-0.15, -0.1) is 0 Å². The Bertz CT molecular complexity index is 279. The molecule has 2 N–H and O–H groups in total. The van der Waals surface area contributed by atoms with Gasteiger partial charge in [0.2, 0.25) is 0 Å². The Hall–Kier alpha value is -0.900. The first-order valence-corrected chi connectivity index (χ1v) is 4.93. The predicted octanol–water partition coefficient (Wildman–Crippen LogP) is 1.26. The quantitative estimate of drug-likeness (QED) is 0.743. The third-order valence-electron chi connectivity index (χ3n) is 2.70. The zero-order valence-electron chi connectivity index (χ0n) is 8.00. The van der Waals surface area contributed by atoms with Gasteiger partial charge in [-0.25, -0.2) is 0 Å². The van der Waals surface area contributed by atoms with E-state index >= 15 is 0 Å². The van der Waals surface area contributed by atoms with Crippen LogP contribution in [0.2, 0.25) is 0 Å². The Morgan fingerprint density at radius 3 is 2.57 bits per heavy atom. The lowest BCUT2D eigenvalue weighted by atomic mass is 9.98. The molecule has 3 heteroatoms. The van der Waals surface area contributed by atoms with E-state index in [1.807, 2.05) is 18.2 Å². The first kappa shape index (κ1) is 9.65. The molecule has 0 aliphatic carbocycles. The van der Waals surface area contributed by atoms with Gasteiger partial charge in [-0.1, -0.05) is 30.3 Å². The Labute approximate surface area is 83.6 Å². The number of hydrogen-bond donors (Lipinski definition) is 2. The number of hydroxylamine groups is 2. The molecule has 1 aliphatic rings. The number of hydrogen-bond acceptors (Lipinski definition) is 3. The summed E-state index contributed by atoms with van der Waals surface area (Å²) < 4.78 is 0. The summed E-state index contributed by atoms with van der Waals surface area (Å²) >= 11 is 0. The first-order valence-electron chi connectivity index (χ1n) is 4.93. The largest absolute Gasteiger partial charge is 0.376 e. The van der Waals surface area contributed by atoms with Crippen LogP contribution in [-0.2, 0) is 6.42 Å². The zero-order chi connectivity index (χ0) is 9.97. The average molecular weight is 193 g/mol. The van der Waals surface area contributed by atoms with Crippen molar-refractivity contribution in [2.45, 2.75) is 19.1 Å². The third kappa shape index (κ3) is 2.12. The molecule has 1 heterocycles. The summed E-state index contributed by atoms with van der Waals surface area (Å²) in [5.41, 5.74) is 1.26. The molecule has 1 saturated heterocycles. The molecule has 2 rings (SSSR count). The summed E-state index contributed by atoms with van der Waals surface area (Å²) in [4.78, 5) is 0. The van der Waals surface area contributed by atoms with E-state index in [-0.39, 0.29) is 0 Å². The third-order valence-corrected chi connectivity index (χ3v) is 2.70. The highest BCUT2D eigenvalue weighted by atomic mass is 16.5. The summed E-state index contributed by atoms with van der Waals surface area (Å²) in [6, 6.07) is 10.2. The Kier molecular flexibility index (Phi) is 2.82. The zero-order valence-corrected chi connectivity index (χ0v) is 8.00. The second-order valence-corrected chi connectivity index (χ2v) is 3.89. The molecule has 14 heavy (non-hydrogen) atoms. The summed E-state index contributed by atoms with van der Waals surface area (Å²) in [6.07, 6.45) is 0.907. The van der Waals surface area contributed by atoms with E-state index in [1.165, 1.54) is 5.56 Å². The Morgan fingerprint density at radius 1 is 1.29 bits per heavy atom. The van der Waals surface area contributed by atoms with Crippen LogP contribution in [0, 0.1) is 5.92 Å². The van der Waals surface area contributed by atoms with Gasteiger partial charge >= 0.3 is 0 Å². The number of aliphatic hydroxyl groups is 1. The van der Waals surface area contributed by atoms with Crippen molar-refractivity contribution in [2.24, 2.45) is 5.92 Å². The Morgan fingerprint density at radius 2 is 2.00 bits per heavy atom. The molecule has 0 bridgehead atoms. The molecule has 2 atom stereocenters. The van der Waals surface area contributed by atoms with Crippen LogP contribution in [0.1, 0.15) is 12.0 Å². The van der Waals surface area contributed by atoms with Crippen LogP contribution in [0.15, 0.2) is 30.3 Å². The van der Waals surface area contributed by atoms with E-state index < -0.39 is 6.23 Å². The fraction of sp³-hybridized carbons (Fsp3) is 0.455. The van der Waals surface area contributed by atoms with Gasteiger partial charge in [-0.05, 0) is 24.3 Å². The van der Waals surface area contributed by atoms with Crippen LogP contribution in [0.3, 0.4) is 0 Å². The highest BCUT2D eigenvalue weighted by Gasteiger charge is 2.29. The molecule has 0 amide bonds. The van der Waals surface area contributed by atoms with Crippen molar-refractivity contribution < 1.29 is 10.3 Å². The van der Waals surface area contributed by atoms with Gasteiger partial charge < -0.3 is 10.3 Å².